The number of hydrogen-bond donors (Lipinski definition) is 1. The number of pyridine rings is 1. The van der Waals surface area contributed by atoms with Crippen LogP contribution in [0.4, 0.5) is 0 Å². The first-order valence-electron chi connectivity index (χ1n) is 11.1. The van der Waals surface area contributed by atoms with E-state index in [2.05, 4.69) is 15.4 Å². The molecule has 0 spiro atoms. The maximum atomic E-state index is 13.1. The molecular formula is C25H25N5O2. The van der Waals surface area contributed by atoms with Gasteiger partial charge in [0.15, 0.2) is 0 Å². The van der Waals surface area contributed by atoms with E-state index in [4.69, 9.17) is 0 Å². The van der Waals surface area contributed by atoms with Crippen molar-refractivity contribution in [2.75, 3.05) is 6.54 Å². The van der Waals surface area contributed by atoms with Gasteiger partial charge in [-0.25, -0.2) is 4.52 Å². The summed E-state index contributed by atoms with van der Waals surface area (Å²) in [5, 5.41) is 7.52. The molecule has 1 aliphatic carbocycles. The Labute approximate surface area is 185 Å². The van der Waals surface area contributed by atoms with Gasteiger partial charge in [0, 0.05) is 48.4 Å². The highest BCUT2D eigenvalue weighted by atomic mass is 16.1. The summed E-state index contributed by atoms with van der Waals surface area (Å²) in [6.07, 6.45) is 10.2. The Morgan fingerprint density at radius 1 is 1.03 bits per heavy atom. The fraction of sp³-hybridized carbons (Fsp3) is 0.280. The molecular weight excluding hydrogens is 402 g/mol. The minimum atomic E-state index is -0.114. The van der Waals surface area contributed by atoms with Gasteiger partial charge in [-0.1, -0.05) is 18.2 Å². The van der Waals surface area contributed by atoms with Crippen LogP contribution in [-0.4, -0.2) is 31.6 Å². The third-order valence-electron chi connectivity index (χ3n) is 6.00. The van der Waals surface area contributed by atoms with E-state index in [-0.39, 0.29) is 11.5 Å². The van der Waals surface area contributed by atoms with Gasteiger partial charge in [0.1, 0.15) is 5.52 Å². The lowest BCUT2D eigenvalue weighted by Crippen LogP contribution is -2.26. The van der Waals surface area contributed by atoms with Crippen LogP contribution in [0.2, 0.25) is 0 Å². The second kappa shape index (κ2) is 8.78. The number of nitrogens with zero attached hydrogens (tertiary/aromatic N) is 4. The quantitative estimate of drug-likeness (QED) is 0.513. The summed E-state index contributed by atoms with van der Waals surface area (Å²) in [7, 11) is 0. The van der Waals surface area contributed by atoms with Gasteiger partial charge < -0.3 is 9.88 Å². The summed E-state index contributed by atoms with van der Waals surface area (Å²) >= 11 is 0. The summed E-state index contributed by atoms with van der Waals surface area (Å²) in [5.41, 5.74) is 5.37. The maximum absolute atomic E-state index is 13.1. The Bertz CT molecular complexity index is 1310. The number of carbonyl (C=O) groups is 1. The smallest absolute Gasteiger partial charge is 0.277 e. The number of rotatable bonds is 6. The molecule has 32 heavy (non-hydrogen) atoms. The van der Waals surface area contributed by atoms with Gasteiger partial charge in [-0.05, 0) is 55.5 Å². The first-order chi connectivity index (χ1) is 15.7. The molecule has 0 saturated heterocycles. The molecule has 4 aromatic rings. The molecule has 3 aromatic heterocycles. The van der Waals surface area contributed by atoms with Crippen molar-refractivity contribution in [1.29, 1.82) is 0 Å². The summed E-state index contributed by atoms with van der Waals surface area (Å²) in [6.45, 7) is 0.986. The number of nitrogens with one attached hydrogen (secondary N) is 1. The van der Waals surface area contributed by atoms with Crippen LogP contribution in [0.15, 0.2) is 65.8 Å². The van der Waals surface area contributed by atoms with Crippen LogP contribution in [0.3, 0.4) is 0 Å². The summed E-state index contributed by atoms with van der Waals surface area (Å²) in [5.74, 6) is -0.114. The summed E-state index contributed by atoms with van der Waals surface area (Å²) in [4.78, 5) is 29.8. The monoisotopic (exact) mass is 427 g/mol. The van der Waals surface area contributed by atoms with E-state index in [9.17, 15) is 9.59 Å². The number of amides is 1. The van der Waals surface area contributed by atoms with Crippen LogP contribution in [0.5, 0.6) is 0 Å². The molecule has 0 saturated carbocycles. The van der Waals surface area contributed by atoms with Crippen LogP contribution in [0.25, 0.3) is 5.52 Å². The van der Waals surface area contributed by atoms with Crippen LogP contribution in [-0.2, 0) is 25.8 Å². The second-order valence-corrected chi connectivity index (χ2v) is 8.18. The molecule has 1 amide bonds. The van der Waals surface area contributed by atoms with Crippen molar-refractivity contribution in [3.8, 4) is 0 Å². The Balaban J connectivity index is 1.26. The molecule has 5 rings (SSSR count). The molecule has 3 heterocycles. The summed E-state index contributed by atoms with van der Waals surface area (Å²) < 4.78 is 3.45. The largest absolute Gasteiger partial charge is 0.352 e. The molecule has 7 nitrogen and oxygen atoms in total. The molecule has 1 N–H and O–H groups in total. The third-order valence-corrected chi connectivity index (χ3v) is 6.00. The fourth-order valence-corrected chi connectivity index (χ4v) is 4.29. The number of aromatic nitrogens is 4. The lowest BCUT2D eigenvalue weighted by Gasteiger charge is -2.10. The number of benzene rings is 1. The Morgan fingerprint density at radius 3 is 2.69 bits per heavy atom. The van der Waals surface area contributed by atoms with Gasteiger partial charge in [0.2, 0.25) is 0 Å². The van der Waals surface area contributed by atoms with Gasteiger partial charge in [0.25, 0.3) is 11.5 Å². The maximum Gasteiger partial charge on any atom is 0.277 e. The lowest BCUT2D eigenvalue weighted by molar-refractivity contribution is 0.0954. The zero-order valence-electron chi connectivity index (χ0n) is 17.8. The Morgan fingerprint density at radius 2 is 1.88 bits per heavy atom. The van der Waals surface area contributed by atoms with E-state index >= 15 is 0 Å². The van der Waals surface area contributed by atoms with Gasteiger partial charge in [-0.2, -0.15) is 5.10 Å². The predicted octanol–water partition coefficient (Wildman–Crippen LogP) is 2.79. The van der Waals surface area contributed by atoms with Crippen molar-refractivity contribution in [3.63, 3.8) is 0 Å². The normalized spacial score (nSPS) is 13.1. The average molecular weight is 428 g/mol. The second-order valence-electron chi connectivity index (χ2n) is 8.18. The van der Waals surface area contributed by atoms with Crippen LogP contribution in [0.1, 0.15) is 45.7 Å². The molecule has 1 aliphatic rings. The van der Waals surface area contributed by atoms with E-state index in [1.807, 2.05) is 36.5 Å². The average Bonchev–Trinajstić information content (AvgIpc) is 3.21. The van der Waals surface area contributed by atoms with E-state index in [0.29, 0.717) is 30.6 Å². The van der Waals surface area contributed by atoms with Crippen molar-refractivity contribution >= 4 is 11.4 Å². The van der Waals surface area contributed by atoms with E-state index in [1.165, 1.54) is 0 Å². The van der Waals surface area contributed by atoms with E-state index in [0.717, 1.165) is 48.2 Å². The Hall–Kier alpha value is -3.74. The van der Waals surface area contributed by atoms with Crippen LogP contribution < -0.4 is 10.9 Å². The zero-order chi connectivity index (χ0) is 21.9. The van der Waals surface area contributed by atoms with Gasteiger partial charge in [-0.15, -0.1) is 0 Å². The highest BCUT2D eigenvalue weighted by Crippen LogP contribution is 2.22. The molecule has 0 radical (unpaired) electrons. The van der Waals surface area contributed by atoms with E-state index in [1.54, 1.807) is 33.6 Å². The number of aryl methyl sites for hydroxylation is 2. The van der Waals surface area contributed by atoms with Gasteiger partial charge in [0.05, 0.1) is 12.2 Å². The van der Waals surface area contributed by atoms with Gasteiger partial charge >= 0.3 is 0 Å². The molecule has 0 atom stereocenters. The molecule has 0 unspecified atom stereocenters. The molecule has 7 heteroatoms. The van der Waals surface area contributed by atoms with Gasteiger partial charge in [-0.3, -0.25) is 14.6 Å². The first kappa shape index (κ1) is 20.2. The molecule has 1 aromatic carbocycles. The van der Waals surface area contributed by atoms with Crippen LogP contribution >= 0.6 is 0 Å². The van der Waals surface area contributed by atoms with Crippen molar-refractivity contribution in [2.45, 2.75) is 38.6 Å². The molecule has 0 bridgehead atoms. The lowest BCUT2D eigenvalue weighted by atomic mass is 9.97. The van der Waals surface area contributed by atoms with Crippen molar-refractivity contribution in [3.05, 3.63) is 99.5 Å². The Kier molecular flexibility index (Phi) is 5.54. The standard InChI is InChI=1S/C25H25N5O2/c31-24(27-14-12-20-5-3-4-13-26-20)19-10-8-18(9-11-19)17-29-15-16-30-23(25(29)32)21-6-1-2-7-22(21)28-30/h3-5,8-11,13,15-16H,1-2,6-7,12,14,17H2,(H,27,31). The minimum absolute atomic E-state index is 0.0144. The first-order valence-corrected chi connectivity index (χ1v) is 11.1. The van der Waals surface area contributed by atoms with Crippen molar-refractivity contribution < 1.29 is 4.79 Å². The zero-order valence-corrected chi connectivity index (χ0v) is 17.8. The third kappa shape index (κ3) is 4.06. The van der Waals surface area contributed by atoms with Crippen molar-refractivity contribution in [1.82, 2.24) is 24.5 Å². The van der Waals surface area contributed by atoms with Crippen molar-refractivity contribution in [2.24, 2.45) is 0 Å². The minimum Gasteiger partial charge on any atom is -0.352 e. The fourth-order valence-electron chi connectivity index (χ4n) is 4.29. The number of fused-ring (bicyclic) bond motifs is 3. The SMILES string of the molecule is O=C(NCCc1ccccn1)c1ccc(Cn2ccn3nc4c(c3c2=O)CCCC4)cc1. The molecule has 162 valence electrons. The summed E-state index contributed by atoms with van der Waals surface area (Å²) in [6, 6.07) is 13.2. The highest BCUT2D eigenvalue weighted by Gasteiger charge is 2.19. The van der Waals surface area contributed by atoms with Crippen LogP contribution in [0, 0.1) is 0 Å². The number of hydrogen-bond acceptors (Lipinski definition) is 4. The molecule has 0 fully saturated rings. The molecule has 0 aliphatic heterocycles. The number of carbonyl (C=O) groups excluding carboxylic acids is 1. The topological polar surface area (TPSA) is 81.3 Å². The highest BCUT2D eigenvalue weighted by molar-refractivity contribution is 5.94. The van der Waals surface area contributed by atoms with E-state index < -0.39 is 0 Å². The predicted molar refractivity (Wildman–Crippen MR) is 122 cm³/mol.